The van der Waals surface area contributed by atoms with Crippen molar-refractivity contribution < 1.29 is 27.9 Å². The summed E-state index contributed by atoms with van der Waals surface area (Å²) in [6, 6.07) is 2.90. The van der Waals surface area contributed by atoms with Gasteiger partial charge in [0.1, 0.15) is 6.04 Å². The molecule has 1 aliphatic heterocycles. The lowest BCUT2D eigenvalue weighted by Crippen LogP contribution is -2.49. The van der Waals surface area contributed by atoms with Gasteiger partial charge in [0.15, 0.2) is 0 Å². The van der Waals surface area contributed by atoms with E-state index in [0.717, 1.165) is 24.3 Å². The number of alkyl halides is 3. The van der Waals surface area contributed by atoms with Crippen molar-refractivity contribution in [2.75, 3.05) is 6.54 Å². The maximum atomic E-state index is 12.5. The van der Waals surface area contributed by atoms with E-state index in [-0.39, 0.29) is 18.0 Å². The minimum absolute atomic E-state index is 0.0637. The molecule has 0 radical (unpaired) electrons. The topological polar surface area (TPSA) is 57.6 Å². The van der Waals surface area contributed by atoms with Gasteiger partial charge in [0.2, 0.25) is 0 Å². The number of aliphatic carboxylic acids is 1. The standard InChI is InChI=1S/C15H16F3NO3/c1-9-6-7-19(12(8-9)14(21)22)13(20)10-2-4-11(5-3-10)15(16,17)18/h2-5,9,12H,6-8H2,1H3,(H,21,22). The number of piperidine rings is 1. The molecule has 0 saturated carbocycles. The summed E-state index contributed by atoms with van der Waals surface area (Å²) in [6.07, 6.45) is -3.44. The average Bonchev–Trinajstić information content (AvgIpc) is 2.45. The van der Waals surface area contributed by atoms with Gasteiger partial charge in [-0.2, -0.15) is 13.2 Å². The Balaban J connectivity index is 2.21. The fourth-order valence-electron chi connectivity index (χ4n) is 2.59. The van der Waals surface area contributed by atoms with Crippen LogP contribution < -0.4 is 0 Å². The highest BCUT2D eigenvalue weighted by Crippen LogP contribution is 2.30. The van der Waals surface area contributed by atoms with Gasteiger partial charge in [0, 0.05) is 12.1 Å². The van der Waals surface area contributed by atoms with Crippen LogP contribution >= 0.6 is 0 Å². The Morgan fingerprint density at radius 2 is 1.82 bits per heavy atom. The molecule has 1 amide bonds. The molecule has 7 heteroatoms. The van der Waals surface area contributed by atoms with Crippen LogP contribution in [0.4, 0.5) is 13.2 Å². The highest BCUT2D eigenvalue weighted by atomic mass is 19.4. The predicted molar refractivity (Wildman–Crippen MR) is 72.3 cm³/mol. The lowest BCUT2D eigenvalue weighted by atomic mass is 9.92. The van der Waals surface area contributed by atoms with Gasteiger partial charge >= 0.3 is 12.1 Å². The maximum Gasteiger partial charge on any atom is 0.416 e. The fraction of sp³-hybridized carbons (Fsp3) is 0.467. The van der Waals surface area contributed by atoms with Crippen molar-refractivity contribution in [3.05, 3.63) is 35.4 Å². The van der Waals surface area contributed by atoms with E-state index in [9.17, 15) is 27.9 Å². The molecular weight excluding hydrogens is 299 g/mol. The van der Waals surface area contributed by atoms with E-state index in [0.29, 0.717) is 12.8 Å². The molecule has 1 N–H and O–H groups in total. The number of nitrogens with zero attached hydrogens (tertiary/aromatic N) is 1. The van der Waals surface area contributed by atoms with E-state index < -0.39 is 29.7 Å². The first-order valence-corrected chi connectivity index (χ1v) is 6.91. The molecule has 2 unspecified atom stereocenters. The van der Waals surface area contributed by atoms with Gasteiger partial charge in [-0.3, -0.25) is 4.79 Å². The fourth-order valence-corrected chi connectivity index (χ4v) is 2.59. The van der Waals surface area contributed by atoms with Gasteiger partial charge in [-0.25, -0.2) is 4.79 Å². The van der Waals surface area contributed by atoms with Crippen LogP contribution in [-0.4, -0.2) is 34.5 Å². The molecule has 1 saturated heterocycles. The Labute approximate surface area is 125 Å². The maximum absolute atomic E-state index is 12.5. The third-order valence-electron chi connectivity index (χ3n) is 3.87. The molecule has 0 aromatic heterocycles. The highest BCUT2D eigenvalue weighted by molar-refractivity contribution is 5.96. The Morgan fingerprint density at radius 1 is 1.23 bits per heavy atom. The number of amides is 1. The smallest absolute Gasteiger partial charge is 0.416 e. The largest absolute Gasteiger partial charge is 0.480 e. The van der Waals surface area contributed by atoms with Crippen LogP contribution in [0.2, 0.25) is 0 Å². The van der Waals surface area contributed by atoms with Gasteiger partial charge in [0.25, 0.3) is 5.91 Å². The third kappa shape index (κ3) is 3.40. The van der Waals surface area contributed by atoms with Crippen molar-refractivity contribution in [2.45, 2.75) is 32.0 Å². The van der Waals surface area contributed by atoms with Crippen LogP contribution in [0.5, 0.6) is 0 Å². The number of hydrogen-bond acceptors (Lipinski definition) is 2. The zero-order chi connectivity index (χ0) is 16.5. The molecule has 4 nitrogen and oxygen atoms in total. The van der Waals surface area contributed by atoms with Crippen molar-refractivity contribution in [1.29, 1.82) is 0 Å². The van der Waals surface area contributed by atoms with Crippen LogP contribution in [0.25, 0.3) is 0 Å². The summed E-state index contributed by atoms with van der Waals surface area (Å²) in [7, 11) is 0. The average molecular weight is 315 g/mol. The van der Waals surface area contributed by atoms with Crippen LogP contribution in [0.1, 0.15) is 35.7 Å². The molecule has 2 atom stereocenters. The summed E-state index contributed by atoms with van der Waals surface area (Å²) in [5.74, 6) is -1.45. The summed E-state index contributed by atoms with van der Waals surface area (Å²) in [5, 5.41) is 9.23. The molecule has 0 aliphatic carbocycles. The van der Waals surface area contributed by atoms with Gasteiger partial charge in [-0.15, -0.1) is 0 Å². The molecule has 22 heavy (non-hydrogen) atoms. The van der Waals surface area contributed by atoms with E-state index in [1.165, 1.54) is 4.90 Å². The lowest BCUT2D eigenvalue weighted by molar-refractivity contribution is -0.144. The quantitative estimate of drug-likeness (QED) is 0.912. The summed E-state index contributed by atoms with van der Waals surface area (Å²) in [4.78, 5) is 24.9. The van der Waals surface area contributed by atoms with E-state index in [2.05, 4.69) is 0 Å². The van der Waals surface area contributed by atoms with Crippen molar-refractivity contribution in [3.8, 4) is 0 Å². The zero-order valence-electron chi connectivity index (χ0n) is 11.9. The molecule has 1 fully saturated rings. The Bertz CT molecular complexity index is 568. The number of rotatable bonds is 2. The number of carboxylic acid groups (broad SMARTS) is 1. The van der Waals surface area contributed by atoms with Crippen LogP contribution in [0.3, 0.4) is 0 Å². The van der Waals surface area contributed by atoms with Crippen LogP contribution in [0.15, 0.2) is 24.3 Å². The second-order valence-corrected chi connectivity index (χ2v) is 5.56. The molecule has 0 spiro atoms. The number of carbonyl (C=O) groups excluding carboxylic acids is 1. The number of hydrogen-bond donors (Lipinski definition) is 1. The Hall–Kier alpha value is -2.05. The van der Waals surface area contributed by atoms with Crippen molar-refractivity contribution in [2.24, 2.45) is 5.92 Å². The van der Waals surface area contributed by atoms with E-state index in [1.54, 1.807) is 0 Å². The van der Waals surface area contributed by atoms with Crippen molar-refractivity contribution in [1.82, 2.24) is 4.90 Å². The lowest BCUT2D eigenvalue weighted by Gasteiger charge is -2.36. The molecule has 120 valence electrons. The summed E-state index contributed by atoms with van der Waals surface area (Å²) in [5.41, 5.74) is -0.778. The van der Waals surface area contributed by atoms with Crippen molar-refractivity contribution >= 4 is 11.9 Å². The summed E-state index contributed by atoms with van der Waals surface area (Å²) >= 11 is 0. The van der Waals surface area contributed by atoms with Gasteiger partial charge in [0.05, 0.1) is 5.56 Å². The van der Waals surface area contributed by atoms with E-state index >= 15 is 0 Å². The first kappa shape index (κ1) is 16.3. The van der Waals surface area contributed by atoms with Crippen LogP contribution in [0, 0.1) is 5.92 Å². The van der Waals surface area contributed by atoms with E-state index in [1.807, 2.05) is 6.92 Å². The van der Waals surface area contributed by atoms with Gasteiger partial charge in [-0.1, -0.05) is 6.92 Å². The predicted octanol–water partition coefficient (Wildman–Crippen LogP) is 3.03. The minimum atomic E-state index is -4.47. The number of benzene rings is 1. The molecule has 1 heterocycles. The highest BCUT2D eigenvalue weighted by Gasteiger charge is 2.35. The number of carbonyl (C=O) groups is 2. The summed E-state index contributed by atoms with van der Waals surface area (Å²) in [6.45, 7) is 2.20. The number of halogens is 3. The minimum Gasteiger partial charge on any atom is -0.480 e. The molecule has 1 aromatic rings. The summed E-state index contributed by atoms with van der Waals surface area (Å²) < 4.78 is 37.5. The second-order valence-electron chi connectivity index (χ2n) is 5.56. The van der Waals surface area contributed by atoms with Gasteiger partial charge in [-0.05, 0) is 43.0 Å². The molecule has 1 aromatic carbocycles. The van der Waals surface area contributed by atoms with Crippen LogP contribution in [-0.2, 0) is 11.0 Å². The first-order chi connectivity index (χ1) is 10.2. The van der Waals surface area contributed by atoms with Gasteiger partial charge < -0.3 is 10.0 Å². The second kappa shape index (κ2) is 5.98. The monoisotopic (exact) mass is 315 g/mol. The van der Waals surface area contributed by atoms with E-state index in [4.69, 9.17) is 0 Å². The molecule has 2 rings (SSSR count). The third-order valence-corrected chi connectivity index (χ3v) is 3.87. The number of likely N-dealkylation sites (tertiary alicyclic amines) is 1. The first-order valence-electron chi connectivity index (χ1n) is 6.91. The SMILES string of the molecule is CC1CCN(C(=O)c2ccc(C(F)(F)F)cc2)C(C(=O)O)C1. The zero-order valence-corrected chi connectivity index (χ0v) is 11.9. The molecule has 1 aliphatic rings. The Kier molecular flexibility index (Phi) is 4.44. The van der Waals surface area contributed by atoms with Crippen molar-refractivity contribution in [3.63, 3.8) is 0 Å². The Morgan fingerprint density at radius 3 is 2.32 bits per heavy atom. The molecular formula is C15H16F3NO3. The number of carboxylic acids is 1. The normalized spacial score (nSPS) is 22.5. The molecule has 0 bridgehead atoms.